The van der Waals surface area contributed by atoms with Gasteiger partial charge in [-0.3, -0.25) is 9.69 Å². The van der Waals surface area contributed by atoms with Crippen LogP contribution in [-0.4, -0.2) is 34.8 Å². The molecule has 3 rings (SSSR count). The molecular weight excluding hydrogens is 471 g/mol. The van der Waals surface area contributed by atoms with Crippen LogP contribution in [0.2, 0.25) is 10.0 Å². The molecule has 0 atom stereocenters. The van der Waals surface area contributed by atoms with Crippen molar-refractivity contribution in [1.82, 2.24) is 4.90 Å². The van der Waals surface area contributed by atoms with E-state index in [1.165, 1.54) is 11.8 Å². The van der Waals surface area contributed by atoms with E-state index < -0.39 is 0 Å². The first-order chi connectivity index (χ1) is 14.9. The Balaban J connectivity index is 1.95. The largest absolute Gasteiger partial charge is 0.488 e. The Kier molecular flexibility index (Phi) is 8.28. The number of likely N-dealkylation sites (N-methyl/N-ethyl adjacent to an activating group) is 1. The van der Waals surface area contributed by atoms with Gasteiger partial charge in [0.15, 0.2) is 0 Å². The molecule has 0 N–H and O–H groups in total. The number of nitrogens with zero attached hydrogens (tertiary/aromatic N) is 2. The second kappa shape index (κ2) is 10.7. The molecule has 0 radical (unpaired) electrons. The lowest BCUT2D eigenvalue weighted by Crippen LogP contribution is -2.27. The van der Waals surface area contributed by atoms with Gasteiger partial charge in [-0.15, -0.1) is 0 Å². The number of halogens is 2. The molecule has 1 aliphatic rings. The molecule has 0 saturated carbocycles. The van der Waals surface area contributed by atoms with Crippen molar-refractivity contribution in [1.29, 1.82) is 0 Å². The molecule has 1 amide bonds. The van der Waals surface area contributed by atoms with Gasteiger partial charge in [-0.1, -0.05) is 53.2 Å². The van der Waals surface area contributed by atoms with Crippen LogP contribution in [0.1, 0.15) is 31.9 Å². The van der Waals surface area contributed by atoms with Crippen LogP contribution in [0.5, 0.6) is 5.75 Å². The number of thiocarbonyl (C=S) groups is 1. The number of carbonyl (C=O) groups excluding carboxylic acids is 1. The van der Waals surface area contributed by atoms with E-state index in [0.29, 0.717) is 31.6 Å². The van der Waals surface area contributed by atoms with Crippen LogP contribution >= 0.6 is 47.2 Å². The zero-order chi connectivity index (χ0) is 22.5. The quantitative estimate of drug-likeness (QED) is 0.303. The third-order valence-corrected chi connectivity index (χ3v) is 6.97. The maximum absolute atomic E-state index is 12.7. The van der Waals surface area contributed by atoms with Crippen molar-refractivity contribution < 1.29 is 9.53 Å². The molecule has 2 aromatic rings. The Labute approximate surface area is 203 Å². The number of amides is 1. The van der Waals surface area contributed by atoms with E-state index in [2.05, 4.69) is 18.7 Å². The lowest BCUT2D eigenvalue weighted by Gasteiger charge is -2.22. The Morgan fingerprint density at radius 1 is 1.13 bits per heavy atom. The second-order valence-corrected chi connectivity index (χ2v) is 9.36. The first-order valence-electron chi connectivity index (χ1n) is 10.1. The predicted octanol–water partition coefficient (Wildman–Crippen LogP) is 6.64. The average molecular weight is 495 g/mol. The van der Waals surface area contributed by atoms with Crippen LogP contribution in [-0.2, 0) is 11.4 Å². The molecule has 1 aliphatic heterocycles. The van der Waals surface area contributed by atoms with Crippen molar-refractivity contribution in [3.05, 3.63) is 62.5 Å². The summed E-state index contributed by atoms with van der Waals surface area (Å²) in [6.45, 7) is 8.75. The van der Waals surface area contributed by atoms with E-state index in [1.54, 1.807) is 17.0 Å². The van der Waals surface area contributed by atoms with E-state index in [-0.39, 0.29) is 12.5 Å². The van der Waals surface area contributed by atoms with Gasteiger partial charge in [0.2, 0.25) is 0 Å². The number of benzene rings is 2. The summed E-state index contributed by atoms with van der Waals surface area (Å²) in [6.07, 6.45) is 1.85. The fourth-order valence-corrected chi connectivity index (χ4v) is 5.10. The number of thioether (sulfide) groups is 1. The SMILES string of the molecule is CCN1C(=O)/C(=C/c2ccc(N(CC)CC)cc2OCc2ccc(Cl)cc2Cl)SC1=S. The minimum Gasteiger partial charge on any atom is -0.488 e. The number of ether oxygens (including phenoxy) is 1. The molecule has 31 heavy (non-hydrogen) atoms. The van der Waals surface area contributed by atoms with E-state index in [1.807, 2.05) is 37.3 Å². The monoisotopic (exact) mass is 494 g/mol. The summed E-state index contributed by atoms with van der Waals surface area (Å²) in [6, 6.07) is 11.4. The molecule has 164 valence electrons. The summed E-state index contributed by atoms with van der Waals surface area (Å²) in [4.78, 5) is 17.1. The van der Waals surface area contributed by atoms with Crippen LogP contribution in [0.3, 0.4) is 0 Å². The number of anilines is 1. The lowest BCUT2D eigenvalue weighted by atomic mass is 10.1. The minimum atomic E-state index is -0.0722. The molecule has 2 aromatic carbocycles. The van der Waals surface area contributed by atoms with E-state index in [0.717, 1.165) is 29.9 Å². The molecule has 1 fully saturated rings. The number of hydrogen-bond acceptors (Lipinski definition) is 5. The maximum atomic E-state index is 12.7. The lowest BCUT2D eigenvalue weighted by molar-refractivity contribution is -0.121. The van der Waals surface area contributed by atoms with Crippen molar-refractivity contribution in [2.75, 3.05) is 24.5 Å². The van der Waals surface area contributed by atoms with Gasteiger partial charge in [-0.25, -0.2) is 0 Å². The van der Waals surface area contributed by atoms with Crippen molar-refractivity contribution in [3.8, 4) is 5.75 Å². The highest BCUT2D eigenvalue weighted by atomic mass is 35.5. The summed E-state index contributed by atoms with van der Waals surface area (Å²) in [5.74, 6) is 0.606. The second-order valence-electron chi connectivity index (χ2n) is 6.84. The highest BCUT2D eigenvalue weighted by Crippen LogP contribution is 2.36. The van der Waals surface area contributed by atoms with Crippen LogP contribution in [0, 0.1) is 0 Å². The Hall–Kier alpha value is -1.73. The maximum Gasteiger partial charge on any atom is 0.266 e. The fraction of sp³-hybridized carbons (Fsp3) is 0.304. The van der Waals surface area contributed by atoms with Crippen molar-refractivity contribution >= 4 is 69.2 Å². The van der Waals surface area contributed by atoms with Crippen molar-refractivity contribution in [3.63, 3.8) is 0 Å². The topological polar surface area (TPSA) is 32.8 Å². The first kappa shape index (κ1) is 23.9. The predicted molar refractivity (Wildman–Crippen MR) is 136 cm³/mol. The van der Waals surface area contributed by atoms with Gasteiger partial charge < -0.3 is 9.64 Å². The Morgan fingerprint density at radius 3 is 2.48 bits per heavy atom. The van der Waals surface area contributed by atoms with Gasteiger partial charge >= 0.3 is 0 Å². The van der Waals surface area contributed by atoms with Crippen molar-refractivity contribution in [2.24, 2.45) is 0 Å². The van der Waals surface area contributed by atoms with Gasteiger partial charge in [0, 0.05) is 52.6 Å². The molecule has 4 nitrogen and oxygen atoms in total. The van der Waals surface area contributed by atoms with Gasteiger partial charge in [-0.05, 0) is 51.1 Å². The number of carbonyl (C=O) groups is 1. The smallest absolute Gasteiger partial charge is 0.266 e. The number of hydrogen-bond donors (Lipinski definition) is 0. The van der Waals surface area contributed by atoms with E-state index >= 15 is 0 Å². The van der Waals surface area contributed by atoms with Gasteiger partial charge in [0.1, 0.15) is 16.7 Å². The van der Waals surface area contributed by atoms with Crippen LogP contribution in [0.25, 0.3) is 6.08 Å². The molecule has 0 aliphatic carbocycles. The summed E-state index contributed by atoms with van der Waals surface area (Å²) in [7, 11) is 0. The summed E-state index contributed by atoms with van der Waals surface area (Å²) in [5, 5.41) is 1.13. The normalized spacial score (nSPS) is 15.1. The minimum absolute atomic E-state index is 0.0722. The van der Waals surface area contributed by atoms with E-state index in [4.69, 9.17) is 40.2 Å². The van der Waals surface area contributed by atoms with Crippen LogP contribution < -0.4 is 9.64 Å². The molecule has 1 heterocycles. The summed E-state index contributed by atoms with van der Waals surface area (Å²) >= 11 is 19.0. The van der Waals surface area contributed by atoms with Crippen LogP contribution in [0.15, 0.2) is 41.3 Å². The third kappa shape index (κ3) is 5.55. The Morgan fingerprint density at radius 2 is 1.87 bits per heavy atom. The van der Waals surface area contributed by atoms with Crippen LogP contribution in [0.4, 0.5) is 5.69 Å². The van der Waals surface area contributed by atoms with Gasteiger partial charge in [0.05, 0.1) is 4.91 Å². The summed E-state index contributed by atoms with van der Waals surface area (Å²) in [5.41, 5.74) is 2.71. The highest BCUT2D eigenvalue weighted by Gasteiger charge is 2.30. The zero-order valence-corrected chi connectivity index (χ0v) is 20.8. The molecule has 0 spiro atoms. The third-order valence-electron chi connectivity index (χ3n) is 5.00. The van der Waals surface area contributed by atoms with Gasteiger partial charge in [-0.2, -0.15) is 0 Å². The number of rotatable bonds is 8. The standard InChI is InChI=1S/C23H24Cl2N2O2S2/c1-4-26(5-2)18-10-8-15(11-21-22(28)27(6-3)23(30)31-21)20(13-18)29-14-16-7-9-17(24)12-19(16)25/h7-13H,4-6,14H2,1-3H3/b21-11-. The molecule has 0 aromatic heterocycles. The van der Waals surface area contributed by atoms with Gasteiger partial charge in [0.25, 0.3) is 5.91 Å². The average Bonchev–Trinajstić information content (AvgIpc) is 3.02. The first-order valence-corrected chi connectivity index (χ1v) is 12.1. The van der Waals surface area contributed by atoms with Crippen molar-refractivity contribution in [2.45, 2.75) is 27.4 Å². The summed E-state index contributed by atoms with van der Waals surface area (Å²) < 4.78 is 6.76. The Bertz CT molecular complexity index is 1020. The molecule has 8 heteroatoms. The highest BCUT2D eigenvalue weighted by molar-refractivity contribution is 8.26. The zero-order valence-electron chi connectivity index (χ0n) is 17.7. The molecular formula is C23H24Cl2N2O2S2. The van der Waals surface area contributed by atoms with E-state index in [9.17, 15) is 4.79 Å². The molecule has 0 unspecified atom stereocenters. The molecule has 0 bridgehead atoms. The molecule has 1 saturated heterocycles. The fourth-order valence-electron chi connectivity index (χ4n) is 3.26.